The third-order valence-corrected chi connectivity index (χ3v) is 5.14. The number of hydrogen-bond donors (Lipinski definition) is 2. The Kier molecular flexibility index (Phi) is 6.20. The van der Waals surface area contributed by atoms with Gasteiger partial charge in [0.2, 0.25) is 11.8 Å². The Morgan fingerprint density at radius 3 is 2.85 bits per heavy atom. The molecule has 9 heteroatoms. The average molecular weight is 365 g/mol. The molecular formula is C17H27N5O4. The van der Waals surface area contributed by atoms with E-state index in [1.165, 1.54) is 0 Å². The summed E-state index contributed by atoms with van der Waals surface area (Å²) in [5.74, 6) is 1.55. The fraction of sp³-hybridized carbons (Fsp3) is 0.765. The Labute approximate surface area is 152 Å². The van der Waals surface area contributed by atoms with Gasteiger partial charge in [-0.2, -0.15) is 0 Å². The number of methoxy groups -OCH3 is 1. The number of carbonyl (C=O) groups excluding carboxylic acids is 2. The Hall–Kier alpha value is -2.00. The van der Waals surface area contributed by atoms with Crippen LogP contribution in [0.1, 0.15) is 49.7 Å². The number of aliphatic hydroxyl groups excluding tert-OH is 1. The lowest BCUT2D eigenvalue weighted by Gasteiger charge is -2.36. The van der Waals surface area contributed by atoms with E-state index in [1.807, 2.05) is 4.57 Å². The normalized spacial score (nSPS) is 23.0. The highest BCUT2D eigenvalue weighted by molar-refractivity contribution is 5.85. The summed E-state index contributed by atoms with van der Waals surface area (Å²) in [6, 6.07) is 0.0949. The lowest BCUT2D eigenvalue weighted by molar-refractivity contribution is -0.138. The van der Waals surface area contributed by atoms with Gasteiger partial charge in [0.25, 0.3) is 0 Å². The smallest absolute Gasteiger partial charge is 0.239 e. The van der Waals surface area contributed by atoms with E-state index in [0.29, 0.717) is 31.9 Å². The van der Waals surface area contributed by atoms with Crippen LogP contribution in [0, 0.1) is 0 Å². The van der Waals surface area contributed by atoms with E-state index < -0.39 is 0 Å². The third kappa shape index (κ3) is 4.21. The molecule has 3 rings (SSSR count). The first kappa shape index (κ1) is 18.8. The van der Waals surface area contributed by atoms with Gasteiger partial charge >= 0.3 is 0 Å². The monoisotopic (exact) mass is 365 g/mol. The first-order valence-electron chi connectivity index (χ1n) is 9.21. The van der Waals surface area contributed by atoms with E-state index in [2.05, 4.69) is 15.5 Å². The van der Waals surface area contributed by atoms with Crippen LogP contribution in [-0.2, 0) is 27.5 Å². The van der Waals surface area contributed by atoms with Gasteiger partial charge in [-0.1, -0.05) is 0 Å². The number of aromatic nitrogens is 3. The molecule has 144 valence electrons. The number of ether oxygens (including phenoxy) is 1. The van der Waals surface area contributed by atoms with Gasteiger partial charge in [0.15, 0.2) is 5.82 Å². The maximum absolute atomic E-state index is 12.2. The van der Waals surface area contributed by atoms with Crippen molar-refractivity contribution in [1.82, 2.24) is 25.0 Å². The number of rotatable bonds is 8. The zero-order valence-electron chi connectivity index (χ0n) is 15.2. The van der Waals surface area contributed by atoms with Crippen molar-refractivity contribution in [3.63, 3.8) is 0 Å². The van der Waals surface area contributed by atoms with E-state index in [9.17, 15) is 14.7 Å². The largest absolute Gasteiger partial charge is 0.388 e. The van der Waals surface area contributed by atoms with Crippen molar-refractivity contribution in [2.24, 2.45) is 0 Å². The van der Waals surface area contributed by atoms with Crippen molar-refractivity contribution >= 4 is 11.8 Å². The Morgan fingerprint density at radius 1 is 1.35 bits per heavy atom. The van der Waals surface area contributed by atoms with Gasteiger partial charge in [-0.15, -0.1) is 10.2 Å². The van der Waals surface area contributed by atoms with Crippen LogP contribution < -0.4 is 5.32 Å². The van der Waals surface area contributed by atoms with Crippen LogP contribution in [0.15, 0.2) is 0 Å². The van der Waals surface area contributed by atoms with Gasteiger partial charge in [-0.25, -0.2) is 0 Å². The van der Waals surface area contributed by atoms with Crippen LogP contribution in [0.5, 0.6) is 0 Å². The molecule has 1 aliphatic carbocycles. The van der Waals surface area contributed by atoms with Crippen LogP contribution in [0.4, 0.5) is 0 Å². The summed E-state index contributed by atoms with van der Waals surface area (Å²) in [5, 5.41) is 20.7. The molecule has 1 aromatic rings. The minimum Gasteiger partial charge on any atom is -0.388 e. The molecular weight excluding hydrogens is 338 g/mol. The van der Waals surface area contributed by atoms with Crippen molar-refractivity contribution in [2.45, 2.75) is 57.2 Å². The van der Waals surface area contributed by atoms with Gasteiger partial charge in [0.05, 0.1) is 13.2 Å². The molecule has 9 nitrogen and oxygen atoms in total. The summed E-state index contributed by atoms with van der Waals surface area (Å²) in [4.78, 5) is 25.6. The molecule has 0 bridgehead atoms. The highest BCUT2D eigenvalue weighted by Crippen LogP contribution is 2.36. The molecule has 0 aromatic carbocycles. The molecule has 2 fully saturated rings. The van der Waals surface area contributed by atoms with E-state index in [1.54, 1.807) is 12.0 Å². The van der Waals surface area contributed by atoms with Crippen LogP contribution in [0.2, 0.25) is 0 Å². The first-order chi connectivity index (χ1) is 12.6. The van der Waals surface area contributed by atoms with Crippen molar-refractivity contribution in [1.29, 1.82) is 0 Å². The molecule has 2 heterocycles. The number of aliphatic hydroxyl groups is 1. The zero-order valence-corrected chi connectivity index (χ0v) is 15.2. The molecule has 2 N–H and O–H groups in total. The zero-order chi connectivity index (χ0) is 18.5. The quantitative estimate of drug-likeness (QED) is 0.660. The first-order valence-corrected chi connectivity index (χ1v) is 9.21. The Balaban J connectivity index is 1.49. The van der Waals surface area contributed by atoms with Gasteiger partial charge in [0, 0.05) is 38.6 Å². The molecule has 0 unspecified atom stereocenters. The van der Waals surface area contributed by atoms with Gasteiger partial charge in [-0.3, -0.25) is 9.59 Å². The van der Waals surface area contributed by atoms with Crippen LogP contribution in [0.3, 0.4) is 0 Å². The summed E-state index contributed by atoms with van der Waals surface area (Å²) in [6.07, 6.45) is 4.01. The van der Waals surface area contributed by atoms with Crippen molar-refractivity contribution < 1.29 is 19.4 Å². The van der Waals surface area contributed by atoms with Gasteiger partial charge < -0.3 is 24.6 Å². The lowest BCUT2D eigenvalue weighted by atomic mass is 9.79. The number of carbonyl (C=O) groups is 2. The molecule has 26 heavy (non-hydrogen) atoms. The maximum Gasteiger partial charge on any atom is 0.239 e. The SMILES string of the molecule is COCCn1c(CO)nnc1C1CC(NC(=O)CN2CCCCC2=O)C1. The number of amides is 2. The van der Waals surface area contributed by atoms with E-state index in [4.69, 9.17) is 4.74 Å². The van der Waals surface area contributed by atoms with Crippen molar-refractivity contribution in [2.75, 3.05) is 26.8 Å². The van der Waals surface area contributed by atoms with E-state index >= 15 is 0 Å². The number of piperidine rings is 1. The Bertz CT molecular complexity index is 641. The maximum atomic E-state index is 12.2. The van der Waals surface area contributed by atoms with Crippen LogP contribution in [0.25, 0.3) is 0 Å². The number of nitrogens with one attached hydrogen (secondary N) is 1. The third-order valence-electron chi connectivity index (χ3n) is 5.14. The summed E-state index contributed by atoms with van der Waals surface area (Å²) < 4.78 is 7.01. The summed E-state index contributed by atoms with van der Waals surface area (Å²) >= 11 is 0. The summed E-state index contributed by atoms with van der Waals surface area (Å²) in [6.45, 7) is 1.78. The molecule has 0 spiro atoms. The highest BCUT2D eigenvalue weighted by Gasteiger charge is 2.35. The fourth-order valence-corrected chi connectivity index (χ4v) is 3.62. The van der Waals surface area contributed by atoms with E-state index in [0.717, 1.165) is 31.5 Å². The molecule has 1 saturated carbocycles. The van der Waals surface area contributed by atoms with Crippen molar-refractivity contribution in [3.05, 3.63) is 11.6 Å². The second kappa shape index (κ2) is 8.59. The predicted molar refractivity (Wildman–Crippen MR) is 92.2 cm³/mol. The molecule has 0 atom stereocenters. The number of likely N-dealkylation sites (tertiary alicyclic amines) is 1. The lowest BCUT2D eigenvalue weighted by Crippen LogP contribution is -2.49. The fourth-order valence-electron chi connectivity index (χ4n) is 3.62. The molecule has 2 aliphatic rings. The minimum absolute atomic E-state index is 0.0701. The van der Waals surface area contributed by atoms with Crippen molar-refractivity contribution in [3.8, 4) is 0 Å². The minimum atomic E-state index is -0.159. The van der Waals surface area contributed by atoms with Gasteiger partial charge in [-0.05, 0) is 25.7 Å². The summed E-state index contributed by atoms with van der Waals surface area (Å²) in [7, 11) is 1.63. The molecule has 1 aromatic heterocycles. The summed E-state index contributed by atoms with van der Waals surface area (Å²) in [5.41, 5.74) is 0. The van der Waals surface area contributed by atoms with E-state index in [-0.39, 0.29) is 36.9 Å². The van der Waals surface area contributed by atoms with Gasteiger partial charge in [0.1, 0.15) is 12.4 Å². The number of hydrogen-bond acceptors (Lipinski definition) is 6. The molecule has 2 amide bonds. The highest BCUT2D eigenvalue weighted by atomic mass is 16.5. The predicted octanol–water partition coefficient (Wildman–Crippen LogP) is -0.208. The Morgan fingerprint density at radius 2 is 2.15 bits per heavy atom. The standard InChI is InChI=1S/C17H27N5O4/c1-26-7-6-22-14(11-23)19-20-17(22)12-8-13(9-12)18-15(24)10-21-5-3-2-4-16(21)25/h12-13,23H,2-11H2,1H3,(H,18,24). The topological polar surface area (TPSA) is 110 Å². The molecule has 1 saturated heterocycles. The molecule has 1 aliphatic heterocycles. The molecule has 0 radical (unpaired) electrons. The second-order valence-electron chi connectivity index (χ2n) is 6.98. The average Bonchev–Trinajstić information content (AvgIpc) is 3.00. The number of nitrogens with zero attached hydrogens (tertiary/aromatic N) is 4. The van der Waals surface area contributed by atoms with Crippen LogP contribution >= 0.6 is 0 Å². The second-order valence-corrected chi connectivity index (χ2v) is 6.98. The van der Waals surface area contributed by atoms with Crippen LogP contribution in [-0.4, -0.2) is 69.4 Å².